The monoisotopic (exact) mass is 319 g/mol. The summed E-state index contributed by atoms with van der Waals surface area (Å²) in [6.45, 7) is 2.72. The summed E-state index contributed by atoms with van der Waals surface area (Å²) in [7, 11) is 0. The van der Waals surface area contributed by atoms with Gasteiger partial charge >= 0.3 is 0 Å². The van der Waals surface area contributed by atoms with E-state index in [0.29, 0.717) is 17.1 Å². The lowest BCUT2D eigenvalue weighted by atomic mass is 10.2. The molecule has 21 heavy (non-hydrogen) atoms. The van der Waals surface area contributed by atoms with Gasteiger partial charge in [0.25, 0.3) is 5.91 Å². The molecule has 0 saturated carbocycles. The molecule has 4 heteroatoms. The number of nitrogens with one attached hydrogen (secondary N) is 1. The highest BCUT2D eigenvalue weighted by atomic mass is 35.5. The molecule has 2 aromatic rings. The number of halogens is 1. The van der Waals surface area contributed by atoms with Crippen molar-refractivity contribution in [2.24, 2.45) is 0 Å². The molecule has 0 aromatic heterocycles. The van der Waals surface area contributed by atoms with Gasteiger partial charge in [0.05, 0.1) is 10.6 Å². The first-order chi connectivity index (χ1) is 10.2. The zero-order valence-corrected chi connectivity index (χ0v) is 13.5. The van der Waals surface area contributed by atoms with Crippen LogP contribution in [0.1, 0.15) is 21.5 Å². The van der Waals surface area contributed by atoms with Gasteiger partial charge in [-0.15, -0.1) is 0 Å². The van der Waals surface area contributed by atoms with Crippen molar-refractivity contribution < 1.29 is 4.79 Å². The van der Waals surface area contributed by atoms with Gasteiger partial charge in [-0.2, -0.15) is 11.8 Å². The Kier molecular flexibility index (Phi) is 6.15. The summed E-state index contributed by atoms with van der Waals surface area (Å²) >= 11 is 7.79. The van der Waals surface area contributed by atoms with Crippen LogP contribution >= 0.6 is 23.4 Å². The molecule has 0 spiro atoms. The predicted octanol–water partition coefficient (Wildman–Crippen LogP) is 4.31. The fourth-order valence-electron chi connectivity index (χ4n) is 1.85. The maximum atomic E-state index is 11.9. The van der Waals surface area contributed by atoms with E-state index in [0.717, 1.165) is 11.5 Å². The highest BCUT2D eigenvalue weighted by Crippen LogP contribution is 2.15. The summed E-state index contributed by atoms with van der Waals surface area (Å²) in [6.07, 6.45) is 0. The van der Waals surface area contributed by atoms with Gasteiger partial charge in [0.1, 0.15) is 0 Å². The number of rotatable bonds is 6. The molecule has 0 atom stereocenters. The van der Waals surface area contributed by atoms with E-state index in [1.165, 1.54) is 11.1 Å². The zero-order chi connectivity index (χ0) is 15.1. The molecule has 0 radical (unpaired) electrons. The lowest BCUT2D eigenvalue weighted by Crippen LogP contribution is -2.26. The van der Waals surface area contributed by atoms with Gasteiger partial charge in [0.15, 0.2) is 0 Å². The number of thioether (sulfide) groups is 1. The van der Waals surface area contributed by atoms with Crippen molar-refractivity contribution in [2.45, 2.75) is 12.7 Å². The Labute approximate surface area is 134 Å². The maximum Gasteiger partial charge on any atom is 0.252 e. The SMILES string of the molecule is Cc1ccc(CSCCNC(=O)c2ccccc2Cl)cc1. The third kappa shape index (κ3) is 5.10. The molecule has 0 aliphatic rings. The molecule has 0 bridgehead atoms. The van der Waals surface area contributed by atoms with E-state index in [4.69, 9.17) is 11.6 Å². The molecule has 110 valence electrons. The van der Waals surface area contributed by atoms with Gasteiger partial charge in [-0.25, -0.2) is 0 Å². The van der Waals surface area contributed by atoms with Crippen molar-refractivity contribution in [1.29, 1.82) is 0 Å². The second-order valence-corrected chi connectivity index (χ2v) is 6.29. The standard InChI is InChI=1S/C17H18ClNOS/c1-13-6-8-14(9-7-13)12-21-11-10-19-17(20)15-4-2-3-5-16(15)18/h2-9H,10-12H2,1H3,(H,19,20). The lowest BCUT2D eigenvalue weighted by molar-refractivity contribution is 0.0956. The molecule has 1 amide bonds. The predicted molar refractivity (Wildman–Crippen MR) is 91.1 cm³/mol. The second-order valence-electron chi connectivity index (χ2n) is 4.77. The molecule has 2 rings (SSSR count). The minimum atomic E-state index is -0.114. The molecular formula is C17H18ClNOS. The normalized spacial score (nSPS) is 10.4. The quantitative estimate of drug-likeness (QED) is 0.804. The fourth-order valence-corrected chi connectivity index (χ4v) is 2.89. The molecule has 0 saturated heterocycles. The van der Waals surface area contributed by atoms with Gasteiger partial charge < -0.3 is 5.32 Å². The van der Waals surface area contributed by atoms with Crippen LogP contribution in [0.3, 0.4) is 0 Å². The summed E-state index contributed by atoms with van der Waals surface area (Å²) in [5.74, 6) is 1.73. The second kappa shape index (κ2) is 8.11. The molecular weight excluding hydrogens is 302 g/mol. The molecule has 0 aliphatic carbocycles. The summed E-state index contributed by atoms with van der Waals surface area (Å²) in [4.78, 5) is 11.9. The Hall–Kier alpha value is -1.45. The van der Waals surface area contributed by atoms with Crippen LogP contribution in [0.4, 0.5) is 0 Å². The molecule has 0 heterocycles. The van der Waals surface area contributed by atoms with E-state index >= 15 is 0 Å². The summed E-state index contributed by atoms with van der Waals surface area (Å²) in [6, 6.07) is 15.6. The van der Waals surface area contributed by atoms with E-state index in [1.807, 2.05) is 12.1 Å². The van der Waals surface area contributed by atoms with Gasteiger partial charge in [0, 0.05) is 18.1 Å². The van der Waals surface area contributed by atoms with E-state index in [-0.39, 0.29) is 5.91 Å². The van der Waals surface area contributed by atoms with Crippen molar-refractivity contribution in [3.8, 4) is 0 Å². The van der Waals surface area contributed by atoms with E-state index in [9.17, 15) is 4.79 Å². The maximum absolute atomic E-state index is 11.9. The molecule has 2 aromatic carbocycles. The van der Waals surface area contributed by atoms with Crippen molar-refractivity contribution in [3.05, 3.63) is 70.2 Å². The third-order valence-electron chi connectivity index (χ3n) is 3.04. The van der Waals surface area contributed by atoms with Crippen LogP contribution < -0.4 is 5.32 Å². The van der Waals surface area contributed by atoms with Crippen LogP contribution in [0, 0.1) is 6.92 Å². The van der Waals surface area contributed by atoms with Crippen molar-refractivity contribution in [3.63, 3.8) is 0 Å². The number of carbonyl (C=O) groups excluding carboxylic acids is 1. The van der Waals surface area contributed by atoms with Crippen LogP contribution in [0.15, 0.2) is 48.5 Å². The van der Waals surface area contributed by atoms with Crippen LogP contribution in [0.5, 0.6) is 0 Å². The van der Waals surface area contributed by atoms with E-state index in [2.05, 4.69) is 36.5 Å². The summed E-state index contributed by atoms with van der Waals surface area (Å²) in [5, 5.41) is 3.38. The summed E-state index contributed by atoms with van der Waals surface area (Å²) in [5.41, 5.74) is 3.11. The van der Waals surface area contributed by atoms with Crippen LogP contribution in [-0.4, -0.2) is 18.2 Å². The van der Waals surface area contributed by atoms with Crippen LogP contribution in [0.25, 0.3) is 0 Å². The fraction of sp³-hybridized carbons (Fsp3) is 0.235. The van der Waals surface area contributed by atoms with Crippen molar-refractivity contribution >= 4 is 29.3 Å². The van der Waals surface area contributed by atoms with Gasteiger partial charge in [-0.05, 0) is 24.6 Å². The number of amides is 1. The number of carbonyl (C=O) groups is 1. The van der Waals surface area contributed by atoms with Crippen LogP contribution in [0.2, 0.25) is 5.02 Å². The minimum absolute atomic E-state index is 0.114. The van der Waals surface area contributed by atoms with Gasteiger partial charge in [0.2, 0.25) is 0 Å². The first-order valence-electron chi connectivity index (χ1n) is 6.83. The zero-order valence-electron chi connectivity index (χ0n) is 11.9. The molecule has 0 aliphatic heterocycles. The van der Waals surface area contributed by atoms with Crippen molar-refractivity contribution in [1.82, 2.24) is 5.32 Å². The van der Waals surface area contributed by atoms with Crippen LogP contribution in [-0.2, 0) is 5.75 Å². The average molecular weight is 320 g/mol. The molecule has 1 N–H and O–H groups in total. The average Bonchev–Trinajstić information content (AvgIpc) is 2.49. The first kappa shape index (κ1) is 15.9. The van der Waals surface area contributed by atoms with E-state index in [1.54, 1.807) is 23.9 Å². The summed E-state index contributed by atoms with van der Waals surface area (Å²) < 4.78 is 0. The Bertz CT molecular complexity index is 598. The Morgan fingerprint density at radius 2 is 1.86 bits per heavy atom. The van der Waals surface area contributed by atoms with E-state index < -0.39 is 0 Å². The highest BCUT2D eigenvalue weighted by molar-refractivity contribution is 7.98. The molecule has 2 nitrogen and oxygen atoms in total. The topological polar surface area (TPSA) is 29.1 Å². The third-order valence-corrected chi connectivity index (χ3v) is 4.40. The number of hydrogen-bond acceptors (Lipinski definition) is 2. The highest BCUT2D eigenvalue weighted by Gasteiger charge is 2.08. The lowest BCUT2D eigenvalue weighted by Gasteiger charge is -2.07. The van der Waals surface area contributed by atoms with Gasteiger partial charge in [-0.3, -0.25) is 4.79 Å². The van der Waals surface area contributed by atoms with Gasteiger partial charge in [-0.1, -0.05) is 53.6 Å². The number of hydrogen-bond donors (Lipinski definition) is 1. The minimum Gasteiger partial charge on any atom is -0.351 e. The Balaban J connectivity index is 1.69. The number of aryl methyl sites for hydroxylation is 1. The smallest absolute Gasteiger partial charge is 0.252 e. The first-order valence-corrected chi connectivity index (χ1v) is 8.36. The molecule has 0 unspecified atom stereocenters. The number of benzene rings is 2. The largest absolute Gasteiger partial charge is 0.351 e. The molecule has 0 fully saturated rings. The van der Waals surface area contributed by atoms with Crippen molar-refractivity contribution in [2.75, 3.05) is 12.3 Å². The Morgan fingerprint density at radius 3 is 2.57 bits per heavy atom. The Morgan fingerprint density at radius 1 is 1.14 bits per heavy atom.